The van der Waals surface area contributed by atoms with Crippen molar-refractivity contribution in [1.82, 2.24) is 0 Å². The van der Waals surface area contributed by atoms with Crippen LogP contribution in [0, 0.1) is 6.92 Å². The third kappa shape index (κ3) is 1.53. The Balaban J connectivity index is 2.46. The molecular formula is C13H18O2. The van der Waals surface area contributed by atoms with Crippen LogP contribution in [0.25, 0.3) is 0 Å². The van der Waals surface area contributed by atoms with Crippen molar-refractivity contribution >= 4 is 0 Å². The van der Waals surface area contributed by atoms with Crippen LogP contribution in [0.5, 0.6) is 5.75 Å². The van der Waals surface area contributed by atoms with Crippen LogP contribution in [0.3, 0.4) is 0 Å². The van der Waals surface area contributed by atoms with Gasteiger partial charge in [0.15, 0.2) is 0 Å². The Kier molecular flexibility index (Phi) is 2.70. The summed E-state index contributed by atoms with van der Waals surface area (Å²) in [5.41, 5.74) is 2.30. The average Bonchev–Trinajstić information content (AvgIpc) is 2.17. The Morgan fingerprint density at radius 2 is 2.13 bits per heavy atom. The van der Waals surface area contributed by atoms with Gasteiger partial charge in [-0.15, -0.1) is 0 Å². The first-order valence-corrected chi connectivity index (χ1v) is 5.48. The number of para-hydroxylation sites is 1. The highest BCUT2D eigenvalue weighted by molar-refractivity contribution is 5.46. The fourth-order valence-corrected chi connectivity index (χ4v) is 2.46. The van der Waals surface area contributed by atoms with E-state index >= 15 is 0 Å². The van der Waals surface area contributed by atoms with Gasteiger partial charge in [-0.3, -0.25) is 0 Å². The maximum Gasteiger partial charge on any atom is 0.125 e. The Hall–Kier alpha value is -1.02. The van der Waals surface area contributed by atoms with E-state index in [1.54, 1.807) is 7.11 Å². The zero-order valence-corrected chi connectivity index (χ0v) is 9.42. The molecule has 0 radical (unpaired) electrons. The molecular weight excluding hydrogens is 188 g/mol. The molecule has 0 aromatic heterocycles. The molecule has 1 N–H and O–H groups in total. The number of hydrogen-bond acceptors (Lipinski definition) is 2. The van der Waals surface area contributed by atoms with Crippen LogP contribution in [-0.2, 0) is 5.41 Å². The molecule has 1 aliphatic rings. The lowest BCUT2D eigenvalue weighted by Crippen LogP contribution is -2.38. The van der Waals surface area contributed by atoms with Gasteiger partial charge in [-0.1, -0.05) is 24.6 Å². The van der Waals surface area contributed by atoms with Crippen LogP contribution in [0.2, 0.25) is 0 Å². The summed E-state index contributed by atoms with van der Waals surface area (Å²) in [6.45, 7) is 2.28. The number of aryl methyl sites for hydroxylation is 1. The highest BCUT2D eigenvalue weighted by Crippen LogP contribution is 2.47. The second-order valence-corrected chi connectivity index (χ2v) is 4.45. The number of aliphatic hydroxyl groups is 1. The van der Waals surface area contributed by atoms with Crippen LogP contribution in [0.4, 0.5) is 0 Å². The first-order valence-electron chi connectivity index (χ1n) is 5.48. The molecule has 0 saturated heterocycles. The van der Waals surface area contributed by atoms with Gasteiger partial charge < -0.3 is 9.84 Å². The fraction of sp³-hybridized carbons (Fsp3) is 0.538. The molecule has 0 amide bonds. The Morgan fingerprint density at radius 1 is 1.40 bits per heavy atom. The minimum atomic E-state index is -0.0304. The van der Waals surface area contributed by atoms with Crippen molar-refractivity contribution in [3.8, 4) is 5.75 Å². The Bertz CT molecular complexity index is 348. The summed E-state index contributed by atoms with van der Waals surface area (Å²) in [5.74, 6) is 0.950. The Morgan fingerprint density at radius 3 is 2.60 bits per heavy atom. The lowest BCUT2D eigenvalue weighted by Gasteiger charge is -2.41. The highest BCUT2D eigenvalue weighted by Gasteiger charge is 2.40. The van der Waals surface area contributed by atoms with Crippen molar-refractivity contribution in [3.63, 3.8) is 0 Å². The molecule has 1 aromatic rings. The van der Waals surface area contributed by atoms with Gasteiger partial charge in [0.25, 0.3) is 0 Å². The van der Waals surface area contributed by atoms with Gasteiger partial charge in [0.2, 0.25) is 0 Å². The highest BCUT2D eigenvalue weighted by atomic mass is 16.5. The lowest BCUT2D eigenvalue weighted by molar-refractivity contribution is 0.117. The average molecular weight is 206 g/mol. The van der Waals surface area contributed by atoms with Crippen molar-refractivity contribution in [2.24, 2.45) is 0 Å². The minimum Gasteiger partial charge on any atom is -0.496 e. The molecule has 2 heteroatoms. The maximum absolute atomic E-state index is 9.55. The molecule has 0 heterocycles. The molecule has 0 bridgehead atoms. The molecule has 0 spiro atoms. The van der Waals surface area contributed by atoms with E-state index in [0.29, 0.717) is 0 Å². The monoisotopic (exact) mass is 206 g/mol. The predicted octanol–water partition coefficient (Wildman–Crippen LogP) is 2.42. The molecule has 0 atom stereocenters. The van der Waals surface area contributed by atoms with Crippen molar-refractivity contribution in [2.45, 2.75) is 31.6 Å². The molecule has 15 heavy (non-hydrogen) atoms. The summed E-state index contributed by atoms with van der Waals surface area (Å²) in [6.07, 6.45) is 3.35. The molecule has 0 aliphatic heterocycles. The summed E-state index contributed by atoms with van der Waals surface area (Å²) in [5, 5.41) is 9.55. The van der Waals surface area contributed by atoms with Crippen LogP contribution in [0.15, 0.2) is 18.2 Å². The van der Waals surface area contributed by atoms with E-state index in [4.69, 9.17) is 4.74 Å². The normalized spacial score (nSPS) is 18.3. The second-order valence-electron chi connectivity index (χ2n) is 4.45. The van der Waals surface area contributed by atoms with E-state index in [1.165, 1.54) is 12.0 Å². The molecule has 0 unspecified atom stereocenters. The molecule has 1 fully saturated rings. The summed E-state index contributed by atoms with van der Waals surface area (Å²) in [4.78, 5) is 0. The summed E-state index contributed by atoms with van der Waals surface area (Å²) in [7, 11) is 1.70. The van der Waals surface area contributed by atoms with Crippen molar-refractivity contribution in [1.29, 1.82) is 0 Å². The van der Waals surface area contributed by atoms with Gasteiger partial charge in [-0.05, 0) is 25.3 Å². The largest absolute Gasteiger partial charge is 0.496 e. The quantitative estimate of drug-likeness (QED) is 0.823. The summed E-state index contributed by atoms with van der Waals surface area (Å²) >= 11 is 0. The first kappa shape index (κ1) is 10.5. The number of rotatable bonds is 3. The van der Waals surface area contributed by atoms with Gasteiger partial charge >= 0.3 is 0 Å². The van der Waals surface area contributed by atoms with E-state index < -0.39 is 0 Å². The van der Waals surface area contributed by atoms with Crippen molar-refractivity contribution < 1.29 is 9.84 Å². The zero-order chi connectivity index (χ0) is 10.9. The number of aliphatic hydroxyl groups excluding tert-OH is 1. The van der Waals surface area contributed by atoms with E-state index in [2.05, 4.69) is 6.07 Å². The maximum atomic E-state index is 9.55. The van der Waals surface area contributed by atoms with Gasteiger partial charge in [0.1, 0.15) is 5.75 Å². The van der Waals surface area contributed by atoms with E-state index in [1.807, 2.05) is 19.1 Å². The van der Waals surface area contributed by atoms with Crippen LogP contribution in [0.1, 0.15) is 30.4 Å². The smallest absolute Gasteiger partial charge is 0.125 e. The van der Waals surface area contributed by atoms with Crippen molar-refractivity contribution in [2.75, 3.05) is 13.7 Å². The molecule has 1 saturated carbocycles. The van der Waals surface area contributed by atoms with Gasteiger partial charge in [-0.25, -0.2) is 0 Å². The number of benzene rings is 1. The third-order valence-corrected chi connectivity index (χ3v) is 3.60. The van der Waals surface area contributed by atoms with Crippen LogP contribution < -0.4 is 4.74 Å². The second kappa shape index (κ2) is 3.86. The Labute approximate surface area is 90.9 Å². The standard InChI is InChI=1S/C13H18O2/c1-10-5-3-6-11(12(10)15-2)13(9-14)7-4-8-13/h3,5-6,14H,4,7-9H2,1-2H3. The molecule has 2 rings (SSSR count). The van der Waals surface area contributed by atoms with Crippen LogP contribution in [-0.4, -0.2) is 18.8 Å². The third-order valence-electron chi connectivity index (χ3n) is 3.60. The predicted molar refractivity (Wildman–Crippen MR) is 60.3 cm³/mol. The molecule has 1 aliphatic carbocycles. The molecule has 1 aromatic carbocycles. The summed E-state index contributed by atoms with van der Waals surface area (Å²) < 4.78 is 5.45. The number of ether oxygens (including phenoxy) is 1. The zero-order valence-electron chi connectivity index (χ0n) is 9.42. The van der Waals surface area contributed by atoms with Crippen molar-refractivity contribution in [3.05, 3.63) is 29.3 Å². The van der Waals surface area contributed by atoms with E-state index in [-0.39, 0.29) is 12.0 Å². The fourth-order valence-electron chi connectivity index (χ4n) is 2.46. The molecule has 2 nitrogen and oxygen atoms in total. The minimum absolute atomic E-state index is 0.0304. The first-order chi connectivity index (χ1) is 7.23. The van der Waals surface area contributed by atoms with E-state index in [9.17, 15) is 5.11 Å². The van der Waals surface area contributed by atoms with Gasteiger partial charge in [0.05, 0.1) is 13.7 Å². The lowest BCUT2D eigenvalue weighted by atomic mass is 9.64. The molecule has 82 valence electrons. The number of hydrogen-bond donors (Lipinski definition) is 1. The van der Waals surface area contributed by atoms with Gasteiger partial charge in [-0.2, -0.15) is 0 Å². The SMILES string of the molecule is COc1c(C)cccc1C1(CO)CCC1. The summed E-state index contributed by atoms with van der Waals surface area (Å²) in [6, 6.07) is 6.18. The van der Waals surface area contributed by atoms with Crippen LogP contribution >= 0.6 is 0 Å². The van der Waals surface area contributed by atoms with E-state index in [0.717, 1.165) is 24.2 Å². The topological polar surface area (TPSA) is 29.5 Å². The van der Waals surface area contributed by atoms with Gasteiger partial charge in [0, 0.05) is 11.0 Å². The number of methoxy groups -OCH3 is 1.